The Bertz CT molecular complexity index is 569. The van der Waals surface area contributed by atoms with E-state index in [2.05, 4.69) is 10.1 Å². The van der Waals surface area contributed by atoms with E-state index in [4.69, 9.17) is 43.0 Å². The maximum absolute atomic E-state index is 10.6. The van der Waals surface area contributed by atoms with Crippen LogP contribution >= 0.6 is 0 Å². The molecule has 0 amide bonds. The lowest BCUT2D eigenvalue weighted by Gasteiger charge is -2.09. The van der Waals surface area contributed by atoms with Gasteiger partial charge in [0.1, 0.15) is 0 Å². The van der Waals surface area contributed by atoms with Crippen LogP contribution in [0.15, 0.2) is 0 Å². The molecule has 2 N–H and O–H groups in total. The van der Waals surface area contributed by atoms with Gasteiger partial charge in [-0.1, -0.05) is 0 Å². The monoisotopic (exact) mass is 583 g/mol. The number of carbonyl (C=O) groups excluding carboxylic acids is 2. The zero-order chi connectivity index (χ0) is 29.2. The molecule has 0 unspecified atom stereocenters. The Hall–Kier alpha value is -1.75. The summed E-state index contributed by atoms with van der Waals surface area (Å²) in [5.41, 5.74) is 0. The Balaban J connectivity index is 3.05. The van der Waals surface area contributed by atoms with Gasteiger partial charge in [0.25, 0.3) is 0 Å². The molecule has 236 valence electrons. The summed E-state index contributed by atoms with van der Waals surface area (Å²) in [5, 5.41) is 11.8. The van der Waals surface area contributed by atoms with Gasteiger partial charge in [-0.15, -0.1) is 0 Å². The second-order valence-electron chi connectivity index (χ2n) is 8.14. The third-order valence-electron chi connectivity index (χ3n) is 4.79. The van der Waals surface area contributed by atoms with Crippen molar-refractivity contribution < 1.29 is 62.1 Å². The fraction of sp³-hybridized carbons (Fsp3) is 0.885. The number of nitrogens with one attached hydrogen (secondary N) is 1. The maximum Gasteiger partial charge on any atom is 0.371 e. The van der Waals surface area contributed by atoms with E-state index in [0.29, 0.717) is 119 Å². The summed E-state index contributed by atoms with van der Waals surface area (Å²) in [4.78, 5) is 31.0. The lowest BCUT2D eigenvalue weighted by atomic mass is 10.2. The average molecular weight is 584 g/mol. The van der Waals surface area contributed by atoms with Crippen LogP contribution in [-0.2, 0) is 57.0 Å². The molecule has 0 bridgehead atoms. The molecular weight excluding hydrogens is 534 g/mol. The van der Waals surface area contributed by atoms with Gasteiger partial charge in [-0.3, -0.25) is 9.59 Å². The van der Waals surface area contributed by atoms with Crippen LogP contribution in [0.5, 0.6) is 0 Å². The molecule has 0 aliphatic carbocycles. The van der Waals surface area contributed by atoms with Gasteiger partial charge in [-0.05, 0) is 19.4 Å². The highest BCUT2D eigenvalue weighted by Crippen LogP contribution is 1.93. The molecule has 14 nitrogen and oxygen atoms in total. The van der Waals surface area contributed by atoms with Crippen molar-refractivity contribution in [2.75, 3.05) is 125 Å². The first-order chi connectivity index (χ1) is 19.7. The van der Waals surface area contributed by atoms with Crippen LogP contribution in [0.3, 0.4) is 0 Å². The molecule has 0 aliphatic heterocycles. The molecule has 0 saturated carbocycles. The van der Waals surface area contributed by atoms with Crippen molar-refractivity contribution in [2.45, 2.75) is 25.7 Å². The number of rotatable bonds is 34. The first-order valence-corrected chi connectivity index (χ1v) is 13.8. The van der Waals surface area contributed by atoms with E-state index in [1.807, 2.05) is 0 Å². The van der Waals surface area contributed by atoms with Gasteiger partial charge < -0.3 is 53.1 Å². The Morgan fingerprint density at radius 2 is 0.900 bits per heavy atom. The molecule has 40 heavy (non-hydrogen) atoms. The van der Waals surface area contributed by atoms with Gasteiger partial charge in [0.15, 0.2) is 0 Å². The summed E-state index contributed by atoms with van der Waals surface area (Å²) >= 11 is 0. The predicted molar refractivity (Wildman–Crippen MR) is 143 cm³/mol. The van der Waals surface area contributed by atoms with Crippen LogP contribution in [0.1, 0.15) is 25.7 Å². The Kier molecular flexibility index (Phi) is 32.0. The fourth-order valence-electron chi connectivity index (χ4n) is 2.80. The summed E-state index contributed by atoms with van der Waals surface area (Å²) in [7, 11) is 0. The topological polar surface area (TPSA) is 167 Å². The van der Waals surface area contributed by atoms with E-state index >= 15 is 0 Å². The van der Waals surface area contributed by atoms with E-state index < -0.39 is 11.9 Å². The van der Waals surface area contributed by atoms with Gasteiger partial charge >= 0.3 is 11.9 Å². The number of hydrogen-bond donors (Lipinski definition) is 2. The van der Waals surface area contributed by atoms with Gasteiger partial charge in [0, 0.05) is 26.0 Å². The molecule has 0 aromatic heterocycles. The van der Waals surface area contributed by atoms with E-state index in [-0.39, 0.29) is 19.3 Å². The van der Waals surface area contributed by atoms with Crippen LogP contribution in [0.4, 0.5) is 0 Å². The van der Waals surface area contributed by atoms with Crippen LogP contribution in [0, 0.1) is 0 Å². The minimum Gasteiger partial charge on any atom is -0.481 e. The number of carboxylic acids is 1. The van der Waals surface area contributed by atoms with Gasteiger partial charge in [-0.2, -0.15) is 0 Å². The molecular formula is C26H49NO13. The minimum atomic E-state index is -0.868. The van der Waals surface area contributed by atoms with Crippen LogP contribution in [0.2, 0.25) is 0 Å². The summed E-state index contributed by atoms with van der Waals surface area (Å²) in [6, 6.07) is 0. The first kappa shape index (κ1) is 38.2. The average Bonchev–Trinajstić information content (AvgIpc) is 2.95. The number of unbranched alkanes of at least 4 members (excludes halogenated alkanes) is 1. The van der Waals surface area contributed by atoms with Crippen molar-refractivity contribution in [1.29, 1.82) is 0 Å². The zero-order valence-corrected chi connectivity index (χ0v) is 23.7. The van der Waals surface area contributed by atoms with Crippen molar-refractivity contribution in [3.63, 3.8) is 0 Å². The van der Waals surface area contributed by atoms with E-state index in [1.165, 1.54) is 0 Å². The van der Waals surface area contributed by atoms with Crippen molar-refractivity contribution >= 4 is 18.2 Å². The number of carbonyl (C=O) groups is 3. The quantitative estimate of drug-likeness (QED) is 0.0453. The van der Waals surface area contributed by atoms with Crippen molar-refractivity contribution in [3.05, 3.63) is 0 Å². The SMILES string of the molecule is O=CC(=O)OCCCOCCOCCOCCOCCOCCOCCOCCOCCNCCCCC(=O)O. The largest absolute Gasteiger partial charge is 0.481 e. The molecule has 0 rings (SSSR count). The molecule has 0 aliphatic rings. The Morgan fingerprint density at radius 3 is 1.30 bits per heavy atom. The molecule has 0 radical (unpaired) electrons. The Labute approximate surface area is 237 Å². The normalized spacial score (nSPS) is 11.1. The highest BCUT2D eigenvalue weighted by Gasteiger charge is 1.99. The maximum atomic E-state index is 10.6. The summed E-state index contributed by atoms with van der Waals surface area (Å²) in [6.07, 6.45) is 2.41. The highest BCUT2D eigenvalue weighted by atomic mass is 16.6. The van der Waals surface area contributed by atoms with E-state index in [9.17, 15) is 14.4 Å². The summed E-state index contributed by atoms with van der Waals surface area (Å²) in [5.74, 6) is -1.62. The van der Waals surface area contributed by atoms with Crippen molar-refractivity contribution in [1.82, 2.24) is 5.32 Å². The third kappa shape index (κ3) is 34.3. The molecule has 0 fully saturated rings. The van der Waals surface area contributed by atoms with Crippen LogP contribution in [-0.4, -0.2) is 149 Å². The van der Waals surface area contributed by atoms with Crippen molar-refractivity contribution in [3.8, 4) is 0 Å². The molecule has 0 heterocycles. The lowest BCUT2D eigenvalue weighted by molar-refractivity contribution is -0.149. The predicted octanol–water partition coefficient (Wildman–Crippen LogP) is 0.0959. The number of carboxylic acid groups (broad SMARTS) is 1. The number of esters is 1. The van der Waals surface area contributed by atoms with Crippen molar-refractivity contribution in [2.24, 2.45) is 0 Å². The molecule has 14 heteroatoms. The van der Waals surface area contributed by atoms with Gasteiger partial charge in [0.05, 0.1) is 106 Å². The number of aliphatic carboxylic acids is 1. The fourth-order valence-corrected chi connectivity index (χ4v) is 2.80. The smallest absolute Gasteiger partial charge is 0.371 e. The van der Waals surface area contributed by atoms with E-state index in [1.54, 1.807) is 0 Å². The second-order valence-corrected chi connectivity index (χ2v) is 8.14. The standard InChI is InChI=1S/C26H49NO13/c28-24-26(31)40-8-3-7-32-10-12-34-14-16-36-18-20-38-22-23-39-21-19-37-17-15-35-13-11-33-9-6-27-5-2-1-4-25(29)30/h24,27H,1-23H2,(H,29,30). The summed E-state index contributed by atoms with van der Waals surface area (Å²) < 4.78 is 47.8. The molecule has 0 saturated heterocycles. The molecule has 0 spiro atoms. The molecule has 0 aromatic rings. The van der Waals surface area contributed by atoms with Crippen LogP contribution in [0.25, 0.3) is 0 Å². The summed E-state index contributed by atoms with van der Waals surface area (Å²) in [6.45, 7) is 9.41. The third-order valence-corrected chi connectivity index (χ3v) is 4.79. The van der Waals surface area contributed by atoms with Gasteiger partial charge in [-0.25, -0.2) is 4.79 Å². The lowest BCUT2D eigenvalue weighted by Crippen LogP contribution is -2.22. The molecule has 0 aromatic carbocycles. The zero-order valence-electron chi connectivity index (χ0n) is 23.7. The number of ether oxygens (including phenoxy) is 9. The van der Waals surface area contributed by atoms with Crippen LogP contribution < -0.4 is 5.32 Å². The second kappa shape index (κ2) is 33.5. The Morgan fingerprint density at radius 1 is 0.500 bits per heavy atom. The van der Waals surface area contributed by atoms with Gasteiger partial charge in [0.2, 0.25) is 6.29 Å². The number of aldehydes is 1. The first-order valence-electron chi connectivity index (χ1n) is 13.8. The van der Waals surface area contributed by atoms with E-state index in [0.717, 1.165) is 19.5 Å². The minimum absolute atomic E-state index is 0.136. The number of hydrogen-bond acceptors (Lipinski definition) is 13. The highest BCUT2D eigenvalue weighted by molar-refractivity contribution is 6.20. The molecule has 0 atom stereocenters.